The smallest absolute Gasteiger partial charge is 0.428 e. The summed E-state index contributed by atoms with van der Waals surface area (Å²) < 4.78 is 4.86. The lowest BCUT2D eigenvalue weighted by molar-refractivity contribution is -0.199. The van der Waals surface area contributed by atoms with Crippen LogP contribution in [-0.2, 0) is 21.0 Å². The van der Waals surface area contributed by atoms with E-state index in [0.29, 0.717) is 5.06 Å². The van der Waals surface area contributed by atoms with E-state index < -0.39 is 18.3 Å². The summed E-state index contributed by atoms with van der Waals surface area (Å²) in [7, 11) is 0. The van der Waals surface area contributed by atoms with Crippen LogP contribution in [0.15, 0.2) is 24.3 Å². The van der Waals surface area contributed by atoms with Crippen molar-refractivity contribution < 1.29 is 24.3 Å². The quantitative estimate of drug-likeness (QED) is 0.838. The van der Waals surface area contributed by atoms with Crippen molar-refractivity contribution in [2.75, 3.05) is 0 Å². The highest BCUT2D eigenvalue weighted by Gasteiger charge is 2.33. The van der Waals surface area contributed by atoms with Gasteiger partial charge >= 0.3 is 6.16 Å². The number of hydrogen-bond acceptors (Lipinski definition) is 5. The fraction of sp³-hybridized carbons (Fsp3) is 0.385. The van der Waals surface area contributed by atoms with Gasteiger partial charge in [0.2, 0.25) is 0 Å². The summed E-state index contributed by atoms with van der Waals surface area (Å²) in [5.41, 5.74) is 1.92. The van der Waals surface area contributed by atoms with Crippen LogP contribution in [0, 0.1) is 6.92 Å². The predicted octanol–water partition coefficient (Wildman–Crippen LogP) is 1.50. The second kappa shape index (κ2) is 5.71. The van der Waals surface area contributed by atoms with Crippen LogP contribution in [0.5, 0.6) is 0 Å². The third-order valence-electron chi connectivity index (χ3n) is 2.78. The summed E-state index contributed by atoms with van der Waals surface area (Å²) in [6.45, 7) is 2.01. The van der Waals surface area contributed by atoms with Crippen molar-refractivity contribution in [3.63, 3.8) is 0 Å². The van der Waals surface area contributed by atoms with Crippen LogP contribution in [0.25, 0.3) is 0 Å². The van der Waals surface area contributed by atoms with Crippen molar-refractivity contribution in [1.29, 1.82) is 0 Å². The molecule has 0 radical (unpaired) electrons. The Kier molecular flexibility index (Phi) is 4.01. The number of hydrogen-bond donors (Lipinski definition) is 1. The van der Waals surface area contributed by atoms with E-state index in [4.69, 9.17) is 4.74 Å². The van der Waals surface area contributed by atoms with Gasteiger partial charge < -0.3 is 14.7 Å². The molecule has 6 nitrogen and oxygen atoms in total. The zero-order chi connectivity index (χ0) is 13.8. The molecule has 0 bridgehead atoms. The zero-order valence-corrected chi connectivity index (χ0v) is 10.5. The molecule has 1 aromatic rings. The standard InChI is InChI=1S/C13H15NO5/c1-9-2-4-10(5-3-9)8-18-13(17)19-14-11(15)6-7-12(14)16/h2-5,11,15H,6-8H2,1H3. The van der Waals surface area contributed by atoms with E-state index in [-0.39, 0.29) is 19.4 Å². The maximum absolute atomic E-state index is 11.4. The number of nitrogens with zero attached hydrogens (tertiary/aromatic N) is 1. The van der Waals surface area contributed by atoms with Gasteiger partial charge in [-0.3, -0.25) is 4.79 Å². The van der Waals surface area contributed by atoms with E-state index in [1.54, 1.807) is 0 Å². The van der Waals surface area contributed by atoms with Crippen LogP contribution in [-0.4, -0.2) is 28.5 Å². The maximum atomic E-state index is 11.4. The minimum absolute atomic E-state index is 0.0528. The molecule has 1 atom stereocenters. The Balaban J connectivity index is 1.81. The lowest BCUT2D eigenvalue weighted by atomic mass is 10.2. The number of aryl methyl sites for hydroxylation is 1. The highest BCUT2D eigenvalue weighted by atomic mass is 16.8. The Morgan fingerprint density at radius 2 is 2.11 bits per heavy atom. The molecule has 0 aromatic heterocycles. The van der Waals surface area contributed by atoms with Gasteiger partial charge in [0.15, 0.2) is 6.23 Å². The summed E-state index contributed by atoms with van der Waals surface area (Å²) in [6, 6.07) is 7.46. The molecule has 19 heavy (non-hydrogen) atoms. The van der Waals surface area contributed by atoms with E-state index in [1.807, 2.05) is 31.2 Å². The highest BCUT2D eigenvalue weighted by Crippen LogP contribution is 2.17. The molecule has 1 aliphatic rings. The second-order valence-electron chi connectivity index (χ2n) is 4.35. The molecule has 1 N–H and O–H groups in total. The Bertz CT molecular complexity index is 470. The largest absolute Gasteiger partial charge is 0.533 e. The van der Waals surface area contributed by atoms with E-state index in [0.717, 1.165) is 11.1 Å². The van der Waals surface area contributed by atoms with Gasteiger partial charge in [-0.15, -0.1) is 5.06 Å². The Hall–Kier alpha value is -2.08. The Morgan fingerprint density at radius 3 is 2.68 bits per heavy atom. The number of rotatable bonds is 3. The van der Waals surface area contributed by atoms with Crippen LogP contribution in [0.3, 0.4) is 0 Å². The van der Waals surface area contributed by atoms with Crippen LogP contribution < -0.4 is 0 Å². The molecular formula is C13H15NO5. The molecule has 2 rings (SSSR count). The van der Waals surface area contributed by atoms with Crippen LogP contribution in [0.1, 0.15) is 24.0 Å². The number of carbonyl (C=O) groups is 2. The van der Waals surface area contributed by atoms with E-state index >= 15 is 0 Å². The van der Waals surface area contributed by atoms with Gasteiger partial charge in [0.25, 0.3) is 5.91 Å². The first kappa shape index (κ1) is 13.4. The van der Waals surface area contributed by atoms with E-state index in [1.165, 1.54) is 0 Å². The van der Waals surface area contributed by atoms with Gasteiger partial charge in [0, 0.05) is 12.8 Å². The summed E-state index contributed by atoms with van der Waals surface area (Å²) in [5.74, 6) is -0.431. The molecule has 0 spiro atoms. The fourth-order valence-electron chi connectivity index (χ4n) is 1.69. The maximum Gasteiger partial charge on any atom is 0.533 e. The number of aliphatic hydroxyl groups is 1. The predicted molar refractivity (Wildman–Crippen MR) is 64.5 cm³/mol. The molecule has 1 heterocycles. The molecule has 102 valence electrons. The van der Waals surface area contributed by atoms with E-state index in [9.17, 15) is 14.7 Å². The van der Waals surface area contributed by atoms with Gasteiger partial charge in [0.05, 0.1) is 0 Å². The van der Waals surface area contributed by atoms with Crippen molar-refractivity contribution in [2.45, 2.75) is 32.6 Å². The first-order valence-corrected chi connectivity index (χ1v) is 5.96. The minimum atomic E-state index is -1.08. The minimum Gasteiger partial charge on any atom is -0.428 e. The first-order chi connectivity index (χ1) is 9.06. The normalized spacial score (nSPS) is 18.5. The summed E-state index contributed by atoms with van der Waals surface area (Å²) in [4.78, 5) is 27.3. The first-order valence-electron chi connectivity index (χ1n) is 5.96. The lowest BCUT2D eigenvalue weighted by Gasteiger charge is -2.18. The van der Waals surface area contributed by atoms with Crippen molar-refractivity contribution in [3.8, 4) is 0 Å². The summed E-state index contributed by atoms with van der Waals surface area (Å²) in [5, 5.41) is 10.0. The van der Waals surface area contributed by atoms with Crippen molar-refractivity contribution in [1.82, 2.24) is 5.06 Å². The van der Waals surface area contributed by atoms with Gasteiger partial charge in [-0.1, -0.05) is 29.8 Å². The fourth-order valence-corrected chi connectivity index (χ4v) is 1.69. The van der Waals surface area contributed by atoms with Gasteiger partial charge in [-0.2, -0.15) is 0 Å². The molecule has 0 aliphatic carbocycles. The van der Waals surface area contributed by atoms with Crippen molar-refractivity contribution in [3.05, 3.63) is 35.4 Å². The Labute approximate surface area is 110 Å². The highest BCUT2D eigenvalue weighted by molar-refractivity contribution is 5.78. The molecule has 1 aromatic carbocycles. The lowest BCUT2D eigenvalue weighted by Crippen LogP contribution is -2.35. The van der Waals surface area contributed by atoms with Gasteiger partial charge in [-0.05, 0) is 12.5 Å². The van der Waals surface area contributed by atoms with Crippen LogP contribution in [0.2, 0.25) is 0 Å². The SMILES string of the molecule is Cc1ccc(COC(=O)ON2C(=O)CCC2O)cc1. The monoisotopic (exact) mass is 265 g/mol. The number of hydroxylamine groups is 2. The number of benzene rings is 1. The zero-order valence-electron chi connectivity index (χ0n) is 10.5. The molecule has 1 unspecified atom stereocenters. The van der Waals surface area contributed by atoms with Gasteiger partial charge in [-0.25, -0.2) is 4.79 Å². The second-order valence-corrected chi connectivity index (χ2v) is 4.35. The molecule has 1 fully saturated rings. The molecule has 1 aliphatic heterocycles. The Morgan fingerprint density at radius 1 is 1.42 bits per heavy atom. The van der Waals surface area contributed by atoms with Crippen molar-refractivity contribution in [2.24, 2.45) is 0 Å². The number of aliphatic hydroxyl groups excluding tert-OH is 1. The van der Waals surface area contributed by atoms with Crippen LogP contribution in [0.4, 0.5) is 4.79 Å². The molecule has 6 heteroatoms. The third kappa shape index (κ3) is 3.45. The molecule has 1 saturated heterocycles. The average Bonchev–Trinajstić information content (AvgIpc) is 2.70. The molecular weight excluding hydrogens is 250 g/mol. The summed E-state index contributed by atoms with van der Waals surface area (Å²) in [6.07, 6.45) is -1.68. The molecule has 0 saturated carbocycles. The van der Waals surface area contributed by atoms with Gasteiger partial charge in [0.1, 0.15) is 6.61 Å². The van der Waals surface area contributed by atoms with E-state index in [2.05, 4.69) is 4.84 Å². The summed E-state index contributed by atoms with van der Waals surface area (Å²) >= 11 is 0. The van der Waals surface area contributed by atoms with Crippen LogP contribution >= 0.6 is 0 Å². The molecule has 1 amide bonds. The number of amides is 1. The average molecular weight is 265 g/mol. The van der Waals surface area contributed by atoms with Crippen molar-refractivity contribution >= 4 is 12.1 Å². The number of carbonyl (C=O) groups excluding carboxylic acids is 2. The topological polar surface area (TPSA) is 76.1 Å². The number of ether oxygens (including phenoxy) is 1. The third-order valence-corrected chi connectivity index (χ3v) is 2.78.